The summed E-state index contributed by atoms with van der Waals surface area (Å²) in [4.78, 5) is 13.7. The largest absolute Gasteiger partial charge is 0.496 e. The first-order valence-electron chi connectivity index (χ1n) is 8.42. The average Bonchev–Trinajstić information content (AvgIpc) is 2.82. The van der Waals surface area contributed by atoms with Crippen LogP contribution >= 0.6 is 0 Å². The Labute approximate surface area is 140 Å². The third-order valence-electron chi connectivity index (χ3n) is 4.53. The Hall–Kier alpha value is -2.63. The van der Waals surface area contributed by atoms with Crippen LogP contribution in [0.2, 0.25) is 0 Å². The molecule has 4 rings (SSSR count). The predicted octanol–water partition coefficient (Wildman–Crippen LogP) is 3.17. The van der Waals surface area contributed by atoms with Crippen LogP contribution in [0.3, 0.4) is 0 Å². The third kappa shape index (κ3) is 2.68. The van der Waals surface area contributed by atoms with Gasteiger partial charge in [0.25, 0.3) is 0 Å². The van der Waals surface area contributed by atoms with Crippen molar-refractivity contribution in [1.82, 2.24) is 19.5 Å². The van der Waals surface area contributed by atoms with Crippen LogP contribution in [-0.2, 0) is 19.5 Å². The third-order valence-corrected chi connectivity index (χ3v) is 4.53. The summed E-state index contributed by atoms with van der Waals surface area (Å²) in [5.74, 6) is 2.78. The standard InChI is InChI=1S/C18H21N5O/c1-24-14-8-5-4-7-13(14)11-19-17-16-18(21-12-20-17)23-10-6-2-3-9-15(23)22-16/h4-5,7-8,12H,2-3,6,9-11H2,1H3,(H,19,20,21). The molecule has 3 heterocycles. The predicted molar refractivity (Wildman–Crippen MR) is 93.2 cm³/mol. The van der Waals surface area contributed by atoms with Crippen LogP contribution in [0, 0.1) is 0 Å². The van der Waals surface area contributed by atoms with Crippen LogP contribution in [0.1, 0.15) is 30.7 Å². The summed E-state index contributed by atoms with van der Waals surface area (Å²) in [6, 6.07) is 7.99. The van der Waals surface area contributed by atoms with Gasteiger partial charge in [-0.05, 0) is 18.9 Å². The van der Waals surface area contributed by atoms with E-state index in [0.717, 1.165) is 47.1 Å². The Morgan fingerprint density at radius 1 is 1.17 bits per heavy atom. The van der Waals surface area contributed by atoms with Crippen molar-refractivity contribution in [3.63, 3.8) is 0 Å². The highest BCUT2D eigenvalue weighted by Crippen LogP contribution is 2.25. The van der Waals surface area contributed by atoms with Gasteiger partial charge in [-0.2, -0.15) is 0 Å². The molecule has 1 N–H and O–H groups in total. The van der Waals surface area contributed by atoms with Crippen molar-refractivity contribution in [1.29, 1.82) is 0 Å². The first-order chi connectivity index (χ1) is 11.9. The second-order valence-electron chi connectivity index (χ2n) is 6.05. The molecule has 1 aromatic carbocycles. The number of ether oxygens (including phenoxy) is 1. The number of methoxy groups -OCH3 is 1. The van der Waals surface area contributed by atoms with E-state index in [2.05, 4.69) is 19.9 Å². The Bertz CT molecular complexity index is 858. The number of fused-ring (bicyclic) bond motifs is 3. The summed E-state index contributed by atoms with van der Waals surface area (Å²) in [6.07, 6.45) is 6.27. The molecule has 0 fully saturated rings. The lowest BCUT2D eigenvalue weighted by Gasteiger charge is -2.10. The van der Waals surface area contributed by atoms with E-state index in [-0.39, 0.29) is 0 Å². The van der Waals surface area contributed by atoms with E-state index in [1.807, 2.05) is 24.3 Å². The van der Waals surface area contributed by atoms with Crippen molar-refractivity contribution >= 4 is 17.0 Å². The van der Waals surface area contributed by atoms with Gasteiger partial charge in [0.15, 0.2) is 17.0 Å². The van der Waals surface area contributed by atoms with Gasteiger partial charge in [-0.3, -0.25) is 0 Å². The zero-order chi connectivity index (χ0) is 16.4. The van der Waals surface area contributed by atoms with Gasteiger partial charge in [-0.25, -0.2) is 15.0 Å². The number of nitrogens with zero attached hydrogens (tertiary/aromatic N) is 4. The van der Waals surface area contributed by atoms with Gasteiger partial charge in [-0.1, -0.05) is 24.6 Å². The van der Waals surface area contributed by atoms with Gasteiger partial charge in [0.1, 0.15) is 17.9 Å². The first kappa shape index (κ1) is 14.9. The Kier molecular flexibility index (Phi) is 4.02. The molecule has 1 aliphatic rings. The normalized spacial score (nSPS) is 14.2. The van der Waals surface area contributed by atoms with Crippen molar-refractivity contribution in [2.24, 2.45) is 0 Å². The van der Waals surface area contributed by atoms with Gasteiger partial charge in [0, 0.05) is 25.1 Å². The van der Waals surface area contributed by atoms with Crippen molar-refractivity contribution < 1.29 is 4.74 Å². The van der Waals surface area contributed by atoms with Crippen LogP contribution in [0.4, 0.5) is 5.82 Å². The lowest BCUT2D eigenvalue weighted by Crippen LogP contribution is -2.05. The number of rotatable bonds is 4. The minimum absolute atomic E-state index is 0.637. The fourth-order valence-corrected chi connectivity index (χ4v) is 3.29. The molecular formula is C18H21N5O. The zero-order valence-electron chi connectivity index (χ0n) is 13.8. The molecular weight excluding hydrogens is 302 g/mol. The number of hydrogen-bond donors (Lipinski definition) is 1. The maximum Gasteiger partial charge on any atom is 0.165 e. The maximum absolute atomic E-state index is 5.41. The Morgan fingerprint density at radius 3 is 3.00 bits per heavy atom. The van der Waals surface area contributed by atoms with Gasteiger partial charge in [0.2, 0.25) is 0 Å². The van der Waals surface area contributed by atoms with Crippen LogP contribution in [0.5, 0.6) is 5.75 Å². The average molecular weight is 323 g/mol. The number of nitrogens with one attached hydrogen (secondary N) is 1. The van der Waals surface area contributed by atoms with E-state index in [1.165, 1.54) is 19.3 Å². The molecule has 1 aliphatic heterocycles. The molecule has 6 nitrogen and oxygen atoms in total. The molecule has 0 bridgehead atoms. The smallest absolute Gasteiger partial charge is 0.165 e. The van der Waals surface area contributed by atoms with E-state index in [4.69, 9.17) is 9.72 Å². The number of aryl methyl sites for hydroxylation is 2. The highest BCUT2D eigenvalue weighted by Gasteiger charge is 2.17. The Balaban J connectivity index is 1.65. The van der Waals surface area contributed by atoms with E-state index in [9.17, 15) is 0 Å². The highest BCUT2D eigenvalue weighted by atomic mass is 16.5. The summed E-state index contributed by atoms with van der Waals surface area (Å²) in [5, 5.41) is 3.40. The van der Waals surface area contributed by atoms with Gasteiger partial charge >= 0.3 is 0 Å². The van der Waals surface area contributed by atoms with E-state index in [0.29, 0.717) is 6.54 Å². The summed E-state index contributed by atoms with van der Waals surface area (Å²) in [7, 11) is 1.69. The Morgan fingerprint density at radius 2 is 2.08 bits per heavy atom. The highest BCUT2D eigenvalue weighted by molar-refractivity contribution is 5.83. The van der Waals surface area contributed by atoms with E-state index in [1.54, 1.807) is 13.4 Å². The number of para-hydroxylation sites is 1. The molecule has 124 valence electrons. The number of anilines is 1. The molecule has 24 heavy (non-hydrogen) atoms. The zero-order valence-corrected chi connectivity index (χ0v) is 13.8. The molecule has 0 atom stereocenters. The molecule has 0 spiro atoms. The van der Waals surface area contributed by atoms with Crippen molar-refractivity contribution in [2.45, 2.75) is 38.8 Å². The molecule has 2 aromatic heterocycles. The van der Waals surface area contributed by atoms with Gasteiger partial charge < -0.3 is 14.6 Å². The summed E-state index contributed by atoms with van der Waals surface area (Å²) in [6.45, 7) is 1.63. The van der Waals surface area contributed by atoms with Crippen molar-refractivity contribution in [2.75, 3.05) is 12.4 Å². The topological polar surface area (TPSA) is 64.9 Å². The molecule has 0 aliphatic carbocycles. The fourth-order valence-electron chi connectivity index (χ4n) is 3.29. The summed E-state index contributed by atoms with van der Waals surface area (Å²) >= 11 is 0. The van der Waals surface area contributed by atoms with Crippen molar-refractivity contribution in [3.05, 3.63) is 42.0 Å². The molecule has 0 unspecified atom stereocenters. The lowest BCUT2D eigenvalue weighted by atomic mass is 10.2. The molecule has 0 amide bonds. The quantitative estimate of drug-likeness (QED) is 0.799. The SMILES string of the molecule is COc1ccccc1CNc1ncnc2c1nc1n2CCCCC1. The van der Waals surface area contributed by atoms with E-state index >= 15 is 0 Å². The summed E-state index contributed by atoms with van der Waals surface area (Å²) < 4.78 is 7.66. The number of aromatic nitrogens is 4. The van der Waals surface area contributed by atoms with Crippen LogP contribution in [-0.4, -0.2) is 26.6 Å². The number of hydrogen-bond acceptors (Lipinski definition) is 5. The molecule has 3 aromatic rings. The second-order valence-corrected chi connectivity index (χ2v) is 6.05. The maximum atomic E-state index is 5.41. The van der Waals surface area contributed by atoms with Crippen LogP contribution in [0.15, 0.2) is 30.6 Å². The second kappa shape index (κ2) is 6.47. The van der Waals surface area contributed by atoms with E-state index < -0.39 is 0 Å². The summed E-state index contributed by atoms with van der Waals surface area (Å²) in [5.41, 5.74) is 2.89. The van der Waals surface area contributed by atoms with Crippen LogP contribution in [0.25, 0.3) is 11.2 Å². The molecule has 0 saturated heterocycles. The molecule has 6 heteroatoms. The molecule has 0 radical (unpaired) electrons. The molecule has 0 saturated carbocycles. The lowest BCUT2D eigenvalue weighted by molar-refractivity contribution is 0.410. The number of imidazole rings is 1. The first-order valence-corrected chi connectivity index (χ1v) is 8.42. The minimum atomic E-state index is 0.637. The fraction of sp³-hybridized carbons (Fsp3) is 0.389. The van der Waals surface area contributed by atoms with Gasteiger partial charge in [0.05, 0.1) is 7.11 Å². The van der Waals surface area contributed by atoms with Gasteiger partial charge in [-0.15, -0.1) is 0 Å². The minimum Gasteiger partial charge on any atom is -0.496 e. The van der Waals surface area contributed by atoms with Crippen LogP contribution < -0.4 is 10.1 Å². The monoisotopic (exact) mass is 323 g/mol. The number of benzene rings is 1. The van der Waals surface area contributed by atoms with Crippen molar-refractivity contribution in [3.8, 4) is 5.75 Å².